The molecule has 1 N–H and O–H groups in total. The number of hydrogen-bond donors (Lipinski definition) is 1. The highest BCUT2D eigenvalue weighted by Crippen LogP contribution is 2.52. The van der Waals surface area contributed by atoms with E-state index in [1.165, 1.54) is 23.4 Å². The standard InChI is InChI=1S/C22H25N3O3/c26-18(23-12-14-3-7-17(8-4-14)24-9-1-2-10-24)13-25-21(27)19-15-5-6-16(11-15)20(19)22(25)28/h3-8,15-16,19-20H,1-2,9-13H2,(H,23,26)/t15-,16-,19+,20+/m0/s1. The first-order valence-corrected chi connectivity index (χ1v) is 10.3. The van der Waals surface area contributed by atoms with E-state index in [0.717, 1.165) is 25.1 Å². The molecule has 3 amide bonds. The van der Waals surface area contributed by atoms with Crippen LogP contribution in [0.25, 0.3) is 0 Å². The molecule has 1 saturated carbocycles. The molecule has 1 aromatic carbocycles. The van der Waals surface area contributed by atoms with Crippen LogP contribution < -0.4 is 10.2 Å². The third kappa shape index (κ3) is 2.82. The number of allylic oxidation sites excluding steroid dienone is 2. The van der Waals surface area contributed by atoms with E-state index in [-0.39, 0.29) is 47.9 Å². The van der Waals surface area contributed by atoms with Gasteiger partial charge in [0.05, 0.1) is 11.8 Å². The Bertz CT molecular complexity index is 811. The van der Waals surface area contributed by atoms with Gasteiger partial charge >= 0.3 is 0 Å². The summed E-state index contributed by atoms with van der Waals surface area (Å²) < 4.78 is 0. The number of carbonyl (C=O) groups is 3. The Balaban J connectivity index is 1.16. The highest BCUT2D eigenvalue weighted by molar-refractivity contribution is 6.08. The molecule has 2 saturated heterocycles. The van der Waals surface area contributed by atoms with Crippen molar-refractivity contribution in [2.45, 2.75) is 25.8 Å². The van der Waals surface area contributed by atoms with Crippen molar-refractivity contribution in [3.8, 4) is 0 Å². The number of anilines is 1. The van der Waals surface area contributed by atoms with Crippen LogP contribution in [0.5, 0.6) is 0 Å². The van der Waals surface area contributed by atoms with Gasteiger partial charge in [-0.05, 0) is 48.8 Å². The van der Waals surface area contributed by atoms with E-state index in [4.69, 9.17) is 0 Å². The Kier molecular flexibility index (Phi) is 4.22. The SMILES string of the molecule is O=C(CN1C(=O)[C@H]2[C@H](C1=O)[C@H]1C=C[C@H]2C1)NCc1ccc(N2CCCC2)cc1. The zero-order chi connectivity index (χ0) is 19.3. The van der Waals surface area contributed by atoms with E-state index in [0.29, 0.717) is 6.54 Å². The maximum Gasteiger partial charge on any atom is 0.240 e. The normalized spacial score (nSPS) is 30.4. The molecule has 28 heavy (non-hydrogen) atoms. The molecule has 0 aromatic heterocycles. The molecule has 4 aliphatic rings. The van der Waals surface area contributed by atoms with Crippen LogP contribution in [-0.4, -0.2) is 42.3 Å². The molecular weight excluding hydrogens is 354 g/mol. The Hall–Kier alpha value is -2.63. The average Bonchev–Trinajstić information content (AvgIpc) is 3.49. The number of nitrogens with one attached hydrogen (secondary N) is 1. The monoisotopic (exact) mass is 379 g/mol. The van der Waals surface area contributed by atoms with Crippen LogP contribution in [0.3, 0.4) is 0 Å². The Morgan fingerprint density at radius 3 is 2.18 bits per heavy atom. The first-order valence-electron chi connectivity index (χ1n) is 10.3. The van der Waals surface area contributed by atoms with Gasteiger partial charge in [0.15, 0.2) is 0 Å². The molecule has 2 aliphatic carbocycles. The summed E-state index contributed by atoms with van der Waals surface area (Å²) in [5.41, 5.74) is 2.23. The molecule has 1 aromatic rings. The van der Waals surface area contributed by atoms with Crippen molar-refractivity contribution in [1.29, 1.82) is 0 Å². The van der Waals surface area contributed by atoms with Crippen LogP contribution >= 0.6 is 0 Å². The van der Waals surface area contributed by atoms with Crippen LogP contribution in [0.1, 0.15) is 24.8 Å². The molecule has 0 spiro atoms. The van der Waals surface area contributed by atoms with E-state index in [2.05, 4.69) is 34.5 Å². The summed E-state index contributed by atoms with van der Waals surface area (Å²) in [5, 5.41) is 2.85. The van der Waals surface area contributed by atoms with Crippen molar-refractivity contribution in [2.24, 2.45) is 23.7 Å². The molecule has 2 aliphatic heterocycles. The van der Waals surface area contributed by atoms with Crippen LogP contribution in [-0.2, 0) is 20.9 Å². The lowest BCUT2D eigenvalue weighted by Gasteiger charge is -2.18. The summed E-state index contributed by atoms with van der Waals surface area (Å²) >= 11 is 0. The predicted octanol–water partition coefficient (Wildman–Crippen LogP) is 1.71. The van der Waals surface area contributed by atoms with Gasteiger partial charge in [-0.2, -0.15) is 0 Å². The van der Waals surface area contributed by atoms with Gasteiger partial charge in [0, 0.05) is 25.3 Å². The molecule has 6 heteroatoms. The molecule has 146 valence electrons. The lowest BCUT2D eigenvalue weighted by atomic mass is 9.85. The maximum absolute atomic E-state index is 12.6. The summed E-state index contributed by atoms with van der Waals surface area (Å²) in [4.78, 5) is 41.2. The predicted molar refractivity (Wildman–Crippen MR) is 104 cm³/mol. The van der Waals surface area contributed by atoms with Crippen molar-refractivity contribution < 1.29 is 14.4 Å². The van der Waals surface area contributed by atoms with Gasteiger partial charge < -0.3 is 10.2 Å². The number of hydrogen-bond acceptors (Lipinski definition) is 4. The molecule has 5 rings (SSSR count). The highest BCUT2D eigenvalue weighted by Gasteiger charge is 2.59. The van der Waals surface area contributed by atoms with E-state index >= 15 is 0 Å². The number of likely N-dealkylation sites (tertiary alicyclic amines) is 1. The fourth-order valence-corrected chi connectivity index (χ4v) is 5.32. The molecule has 2 bridgehead atoms. The molecule has 0 unspecified atom stereocenters. The van der Waals surface area contributed by atoms with Gasteiger partial charge in [-0.3, -0.25) is 19.3 Å². The number of fused-ring (bicyclic) bond motifs is 5. The molecule has 0 radical (unpaired) electrons. The largest absolute Gasteiger partial charge is 0.372 e. The molecular formula is C22H25N3O3. The maximum atomic E-state index is 12.6. The minimum Gasteiger partial charge on any atom is -0.372 e. The van der Waals surface area contributed by atoms with Crippen molar-refractivity contribution >= 4 is 23.4 Å². The number of nitrogens with zero attached hydrogens (tertiary/aromatic N) is 2. The van der Waals surface area contributed by atoms with E-state index in [1.54, 1.807) is 0 Å². The van der Waals surface area contributed by atoms with Crippen molar-refractivity contribution in [2.75, 3.05) is 24.5 Å². The quantitative estimate of drug-likeness (QED) is 0.625. The fourth-order valence-electron chi connectivity index (χ4n) is 5.32. The average molecular weight is 379 g/mol. The Morgan fingerprint density at radius 2 is 1.57 bits per heavy atom. The highest BCUT2D eigenvalue weighted by atomic mass is 16.2. The van der Waals surface area contributed by atoms with Gasteiger partial charge in [-0.25, -0.2) is 0 Å². The Labute approximate surface area is 164 Å². The van der Waals surface area contributed by atoms with Gasteiger partial charge in [-0.15, -0.1) is 0 Å². The summed E-state index contributed by atoms with van der Waals surface area (Å²) in [5.74, 6) is -0.760. The number of imide groups is 1. The van der Waals surface area contributed by atoms with Crippen LogP contribution in [0, 0.1) is 23.7 Å². The number of benzene rings is 1. The van der Waals surface area contributed by atoms with Crippen LogP contribution in [0.2, 0.25) is 0 Å². The molecule has 2 heterocycles. The van der Waals surface area contributed by atoms with Gasteiger partial charge in [0.25, 0.3) is 0 Å². The lowest BCUT2D eigenvalue weighted by molar-refractivity contribution is -0.144. The van der Waals surface area contributed by atoms with Crippen LogP contribution in [0.4, 0.5) is 5.69 Å². The number of carbonyl (C=O) groups excluding carboxylic acids is 3. The van der Waals surface area contributed by atoms with Crippen molar-refractivity contribution in [1.82, 2.24) is 10.2 Å². The summed E-state index contributed by atoms with van der Waals surface area (Å²) in [6, 6.07) is 8.22. The lowest BCUT2D eigenvalue weighted by Crippen LogP contribution is -2.41. The second-order valence-corrected chi connectivity index (χ2v) is 8.40. The zero-order valence-electron chi connectivity index (χ0n) is 15.8. The van der Waals surface area contributed by atoms with E-state index in [1.807, 2.05) is 12.1 Å². The Morgan fingerprint density at radius 1 is 0.964 bits per heavy atom. The number of rotatable bonds is 5. The minimum atomic E-state index is -0.286. The second kappa shape index (κ2) is 6.76. The second-order valence-electron chi connectivity index (χ2n) is 8.40. The van der Waals surface area contributed by atoms with Crippen LogP contribution in [0.15, 0.2) is 36.4 Å². The van der Waals surface area contributed by atoms with Crippen molar-refractivity contribution in [3.05, 3.63) is 42.0 Å². The zero-order valence-corrected chi connectivity index (χ0v) is 15.8. The fraction of sp³-hybridized carbons (Fsp3) is 0.500. The van der Waals surface area contributed by atoms with Gasteiger partial charge in [0.1, 0.15) is 6.54 Å². The summed E-state index contributed by atoms with van der Waals surface area (Å²) in [6.07, 6.45) is 7.51. The van der Waals surface area contributed by atoms with E-state index in [9.17, 15) is 14.4 Å². The topological polar surface area (TPSA) is 69.7 Å². The summed E-state index contributed by atoms with van der Waals surface area (Å²) in [6.45, 7) is 2.44. The summed E-state index contributed by atoms with van der Waals surface area (Å²) in [7, 11) is 0. The third-order valence-electron chi connectivity index (χ3n) is 6.76. The molecule has 6 nitrogen and oxygen atoms in total. The molecule has 3 fully saturated rings. The third-order valence-corrected chi connectivity index (χ3v) is 6.76. The first-order chi connectivity index (χ1) is 13.6. The first kappa shape index (κ1) is 17.5. The van der Waals surface area contributed by atoms with E-state index < -0.39 is 0 Å². The van der Waals surface area contributed by atoms with Gasteiger partial charge in [-0.1, -0.05) is 24.3 Å². The minimum absolute atomic E-state index is 0.169. The van der Waals surface area contributed by atoms with Gasteiger partial charge in [0.2, 0.25) is 17.7 Å². The number of amides is 3. The van der Waals surface area contributed by atoms with Crippen molar-refractivity contribution in [3.63, 3.8) is 0 Å². The smallest absolute Gasteiger partial charge is 0.240 e. The molecule has 4 atom stereocenters.